The summed E-state index contributed by atoms with van der Waals surface area (Å²) in [6.07, 6.45) is 0. The number of hydrogen-bond acceptors (Lipinski definition) is 6. The number of hydrazone groups is 1. The molecule has 1 aliphatic heterocycles. The molecule has 1 aromatic carbocycles. The Bertz CT molecular complexity index is 615. The Hall–Kier alpha value is -1.57. The van der Waals surface area contributed by atoms with Gasteiger partial charge in [-0.05, 0) is 52.2 Å². The predicted molar refractivity (Wildman–Crippen MR) is 95.7 cm³/mol. The first-order chi connectivity index (χ1) is 11.2. The van der Waals surface area contributed by atoms with Crippen LogP contribution in [0.4, 0.5) is 5.69 Å². The van der Waals surface area contributed by atoms with Crippen LogP contribution in [-0.2, 0) is 18.8 Å². The maximum Gasteiger partial charge on any atom is 0.494 e. The van der Waals surface area contributed by atoms with E-state index in [4.69, 9.17) is 25.6 Å². The molecule has 0 bridgehead atoms. The summed E-state index contributed by atoms with van der Waals surface area (Å²) < 4.78 is 16.7. The fraction of sp³-hybridized carbons (Fsp3) is 0.500. The van der Waals surface area contributed by atoms with Gasteiger partial charge in [0, 0.05) is 0 Å². The number of halogens is 1. The number of nitrogens with zero attached hydrogens (tertiary/aromatic N) is 1. The summed E-state index contributed by atoms with van der Waals surface area (Å²) in [5, 5.41) is 3.52. The second-order valence-corrected chi connectivity index (χ2v) is 6.80. The van der Waals surface area contributed by atoms with Gasteiger partial charge >= 0.3 is 13.1 Å². The lowest BCUT2D eigenvalue weighted by molar-refractivity contribution is -0.134. The molecule has 8 heteroatoms. The Labute approximate surface area is 147 Å². The predicted octanol–water partition coefficient (Wildman–Crippen LogP) is 2.51. The molecule has 0 unspecified atom stereocenters. The van der Waals surface area contributed by atoms with E-state index in [0.29, 0.717) is 5.69 Å². The molecule has 0 aromatic heterocycles. The number of carbonyl (C=O) groups is 1. The summed E-state index contributed by atoms with van der Waals surface area (Å²) >= 11 is 5.73. The highest BCUT2D eigenvalue weighted by Crippen LogP contribution is 2.36. The number of anilines is 1. The SMILES string of the molecule is CCOC(=O)C(Cl)=NNc1ccc(B2OC(C)(C)C(C)(C)O2)cc1. The molecule has 2 rings (SSSR count). The number of rotatable bonds is 5. The molecule has 1 saturated heterocycles. The molecule has 0 radical (unpaired) electrons. The Kier molecular flexibility index (Phi) is 5.57. The van der Waals surface area contributed by atoms with Crippen LogP contribution in [0, 0.1) is 0 Å². The summed E-state index contributed by atoms with van der Waals surface area (Å²) in [4.78, 5) is 11.4. The molecular weight excluding hydrogens is 330 g/mol. The third-order valence-corrected chi connectivity index (χ3v) is 4.40. The van der Waals surface area contributed by atoms with E-state index >= 15 is 0 Å². The van der Waals surface area contributed by atoms with E-state index in [1.807, 2.05) is 39.8 Å². The van der Waals surface area contributed by atoms with Gasteiger partial charge in [0.15, 0.2) is 0 Å². The second kappa shape index (κ2) is 7.13. The zero-order valence-electron chi connectivity index (χ0n) is 14.6. The number of carbonyl (C=O) groups excluding carboxylic acids is 1. The van der Waals surface area contributed by atoms with E-state index in [1.165, 1.54) is 0 Å². The molecule has 6 nitrogen and oxygen atoms in total. The molecule has 0 aliphatic carbocycles. The minimum absolute atomic E-state index is 0.243. The zero-order chi connectivity index (χ0) is 18.0. The van der Waals surface area contributed by atoms with Gasteiger partial charge in [0.05, 0.1) is 23.5 Å². The van der Waals surface area contributed by atoms with Gasteiger partial charge in [0.1, 0.15) is 0 Å². The van der Waals surface area contributed by atoms with E-state index in [2.05, 4.69) is 10.5 Å². The van der Waals surface area contributed by atoms with Crippen molar-refractivity contribution in [2.45, 2.75) is 45.8 Å². The highest BCUT2D eigenvalue weighted by atomic mass is 35.5. The van der Waals surface area contributed by atoms with Gasteiger partial charge in [-0.2, -0.15) is 5.10 Å². The van der Waals surface area contributed by atoms with Crippen molar-refractivity contribution in [3.05, 3.63) is 24.3 Å². The molecule has 130 valence electrons. The first kappa shape index (κ1) is 18.8. The Morgan fingerprint density at radius 1 is 1.21 bits per heavy atom. The fourth-order valence-corrected chi connectivity index (χ4v) is 2.14. The molecule has 1 aliphatic rings. The van der Waals surface area contributed by atoms with Crippen molar-refractivity contribution in [1.29, 1.82) is 0 Å². The van der Waals surface area contributed by atoms with Crippen molar-refractivity contribution in [1.82, 2.24) is 0 Å². The van der Waals surface area contributed by atoms with Crippen LogP contribution < -0.4 is 10.9 Å². The fourth-order valence-electron chi connectivity index (χ4n) is 2.04. The van der Waals surface area contributed by atoms with E-state index in [-0.39, 0.29) is 23.0 Å². The lowest BCUT2D eigenvalue weighted by Crippen LogP contribution is -2.41. The number of ether oxygens (including phenoxy) is 1. The van der Waals surface area contributed by atoms with E-state index in [1.54, 1.807) is 19.1 Å². The van der Waals surface area contributed by atoms with Crippen molar-refractivity contribution in [2.75, 3.05) is 12.0 Å². The maximum absolute atomic E-state index is 11.4. The van der Waals surface area contributed by atoms with Crippen molar-refractivity contribution in [2.24, 2.45) is 5.10 Å². The van der Waals surface area contributed by atoms with Crippen LogP contribution in [0.5, 0.6) is 0 Å². The average molecular weight is 353 g/mol. The molecule has 1 heterocycles. The summed E-state index contributed by atoms with van der Waals surface area (Å²) in [5.74, 6) is -0.666. The maximum atomic E-state index is 11.4. The minimum atomic E-state index is -0.666. The van der Waals surface area contributed by atoms with Crippen molar-refractivity contribution in [3.63, 3.8) is 0 Å². The van der Waals surface area contributed by atoms with Crippen molar-refractivity contribution < 1.29 is 18.8 Å². The highest BCUT2D eigenvalue weighted by molar-refractivity contribution is 6.82. The quantitative estimate of drug-likeness (QED) is 0.382. The molecular formula is C16H22BClN2O4. The van der Waals surface area contributed by atoms with Gasteiger partial charge < -0.3 is 14.0 Å². The van der Waals surface area contributed by atoms with E-state index in [9.17, 15) is 4.79 Å². The van der Waals surface area contributed by atoms with Crippen LogP contribution >= 0.6 is 11.6 Å². The minimum Gasteiger partial charge on any atom is -0.461 e. The highest BCUT2D eigenvalue weighted by Gasteiger charge is 2.51. The third kappa shape index (κ3) is 4.09. The number of nitrogens with one attached hydrogen (secondary N) is 1. The molecule has 0 spiro atoms. The largest absolute Gasteiger partial charge is 0.494 e. The molecule has 0 saturated carbocycles. The lowest BCUT2D eigenvalue weighted by Gasteiger charge is -2.32. The van der Waals surface area contributed by atoms with Crippen molar-refractivity contribution in [3.8, 4) is 0 Å². The van der Waals surface area contributed by atoms with Crippen molar-refractivity contribution >= 4 is 41.0 Å². The normalized spacial score (nSPS) is 19.2. The summed E-state index contributed by atoms with van der Waals surface area (Å²) in [6.45, 7) is 9.98. The van der Waals surface area contributed by atoms with Gasteiger partial charge in [0.25, 0.3) is 0 Å². The molecule has 1 fully saturated rings. The zero-order valence-corrected chi connectivity index (χ0v) is 15.3. The Morgan fingerprint density at radius 2 is 1.75 bits per heavy atom. The van der Waals surface area contributed by atoms with Crippen LogP contribution in [0.15, 0.2) is 29.4 Å². The second-order valence-electron chi connectivity index (χ2n) is 6.45. The summed E-state index contributed by atoms with van der Waals surface area (Å²) in [5.41, 5.74) is 3.52. The van der Waals surface area contributed by atoms with Crippen LogP contribution in [0.1, 0.15) is 34.6 Å². The average Bonchev–Trinajstić information content (AvgIpc) is 2.74. The number of hydrogen-bond donors (Lipinski definition) is 1. The van der Waals surface area contributed by atoms with Gasteiger partial charge in [-0.15, -0.1) is 0 Å². The van der Waals surface area contributed by atoms with Crippen LogP contribution in [0.2, 0.25) is 0 Å². The first-order valence-electron chi connectivity index (χ1n) is 7.78. The Balaban J connectivity index is 2.02. The smallest absolute Gasteiger partial charge is 0.461 e. The number of benzene rings is 1. The third-order valence-electron chi connectivity index (χ3n) is 4.16. The van der Waals surface area contributed by atoms with Gasteiger partial charge in [-0.3, -0.25) is 5.43 Å². The van der Waals surface area contributed by atoms with Crippen LogP contribution in [0.3, 0.4) is 0 Å². The summed E-state index contributed by atoms with van der Waals surface area (Å²) in [7, 11) is -0.421. The molecule has 1 N–H and O–H groups in total. The molecule has 0 amide bonds. The van der Waals surface area contributed by atoms with Gasteiger partial charge in [0.2, 0.25) is 5.17 Å². The molecule has 0 atom stereocenters. The molecule has 24 heavy (non-hydrogen) atoms. The standard InChI is InChI=1S/C16H22BClN2O4/c1-6-22-14(21)13(18)20-19-12-9-7-11(8-10-12)17-23-15(2,3)16(4,5)24-17/h7-10,19H,6H2,1-5H3. The van der Waals surface area contributed by atoms with E-state index in [0.717, 1.165) is 5.46 Å². The first-order valence-corrected chi connectivity index (χ1v) is 8.16. The topological polar surface area (TPSA) is 69.2 Å². The van der Waals surface area contributed by atoms with Gasteiger partial charge in [-0.1, -0.05) is 23.7 Å². The van der Waals surface area contributed by atoms with Crippen LogP contribution in [0.25, 0.3) is 0 Å². The lowest BCUT2D eigenvalue weighted by atomic mass is 9.79. The van der Waals surface area contributed by atoms with E-state index < -0.39 is 13.1 Å². The monoisotopic (exact) mass is 352 g/mol. The number of esters is 1. The molecule has 1 aromatic rings. The van der Waals surface area contributed by atoms with Gasteiger partial charge in [-0.25, -0.2) is 4.79 Å². The Morgan fingerprint density at radius 3 is 2.25 bits per heavy atom. The van der Waals surface area contributed by atoms with Crippen LogP contribution in [-0.4, -0.2) is 36.1 Å². The summed E-state index contributed by atoms with van der Waals surface area (Å²) in [6, 6.07) is 7.36.